The molecule has 0 aliphatic rings. The molecule has 26 heavy (non-hydrogen) atoms. The van der Waals surface area contributed by atoms with Crippen molar-refractivity contribution in [3.05, 3.63) is 90.3 Å². The second-order valence-electron chi connectivity index (χ2n) is 6.65. The molecule has 0 spiro atoms. The number of benzene rings is 1. The van der Waals surface area contributed by atoms with Crippen molar-refractivity contribution in [2.24, 2.45) is 0 Å². The van der Waals surface area contributed by atoms with Gasteiger partial charge >= 0.3 is 0 Å². The van der Waals surface area contributed by atoms with Crippen LogP contribution < -0.4 is 0 Å². The van der Waals surface area contributed by atoms with Gasteiger partial charge in [-0.1, -0.05) is 49.6 Å². The van der Waals surface area contributed by atoms with E-state index in [9.17, 15) is 0 Å². The maximum absolute atomic E-state index is 4.88. The molecule has 2 nitrogen and oxygen atoms in total. The summed E-state index contributed by atoms with van der Waals surface area (Å²) in [5.74, 6) is 0. The highest BCUT2D eigenvalue weighted by atomic mass is 15.0. The van der Waals surface area contributed by atoms with Crippen molar-refractivity contribution in [1.82, 2.24) is 9.88 Å². The van der Waals surface area contributed by atoms with Crippen LogP contribution in [0.4, 0.5) is 0 Å². The Labute approximate surface area is 157 Å². The van der Waals surface area contributed by atoms with Crippen LogP contribution in [0.15, 0.2) is 67.9 Å². The van der Waals surface area contributed by atoms with Gasteiger partial charge in [0.2, 0.25) is 0 Å². The van der Waals surface area contributed by atoms with Crippen LogP contribution in [0.3, 0.4) is 0 Å². The van der Waals surface area contributed by atoms with E-state index in [4.69, 9.17) is 4.98 Å². The fourth-order valence-electron chi connectivity index (χ4n) is 2.98. The van der Waals surface area contributed by atoms with Crippen LogP contribution in [-0.2, 0) is 0 Å². The number of hydrogen-bond acceptors (Lipinski definition) is 2. The van der Waals surface area contributed by atoms with Gasteiger partial charge in [0, 0.05) is 37.1 Å². The van der Waals surface area contributed by atoms with E-state index >= 15 is 0 Å². The number of hydrogen-bond donors (Lipinski definition) is 0. The van der Waals surface area contributed by atoms with Crippen molar-refractivity contribution in [1.29, 1.82) is 0 Å². The molecule has 0 bridgehead atoms. The third kappa shape index (κ3) is 4.40. The number of rotatable bonds is 6. The second-order valence-corrected chi connectivity index (χ2v) is 6.65. The van der Waals surface area contributed by atoms with Gasteiger partial charge in [-0.05, 0) is 55.2 Å². The van der Waals surface area contributed by atoms with Crippen molar-refractivity contribution in [3.63, 3.8) is 0 Å². The highest BCUT2D eigenvalue weighted by molar-refractivity contribution is 5.79. The topological polar surface area (TPSA) is 16.1 Å². The molecule has 0 fully saturated rings. The molecule has 0 aliphatic carbocycles. The Balaban J connectivity index is 2.53. The van der Waals surface area contributed by atoms with Gasteiger partial charge < -0.3 is 4.90 Å². The predicted molar refractivity (Wildman–Crippen MR) is 115 cm³/mol. The summed E-state index contributed by atoms with van der Waals surface area (Å²) < 4.78 is 0. The van der Waals surface area contributed by atoms with Gasteiger partial charge in [-0.25, -0.2) is 0 Å². The highest BCUT2D eigenvalue weighted by Crippen LogP contribution is 2.29. The van der Waals surface area contributed by atoms with E-state index in [1.54, 1.807) is 0 Å². The quantitative estimate of drug-likeness (QED) is 0.594. The number of aryl methyl sites for hydroxylation is 2. The summed E-state index contributed by atoms with van der Waals surface area (Å²) >= 11 is 0. The number of aromatic nitrogens is 1. The van der Waals surface area contributed by atoms with Crippen LogP contribution in [0, 0.1) is 13.8 Å². The minimum atomic E-state index is 0.990. The second kappa shape index (κ2) is 8.48. The molecule has 2 aromatic rings. The molecule has 1 heterocycles. The standard InChI is InChI=1S/C24H28N2/c1-8-11-17(3)23-14-18(4)24(25-19(23)5)22-13-10-12-21(15-22)20(9-2)16-26(6)7/h8-16H,2-3H2,1,4-7H3/b11-8-,20-16+. The maximum atomic E-state index is 4.88. The van der Waals surface area contributed by atoms with Gasteiger partial charge in [-0.3, -0.25) is 4.98 Å². The van der Waals surface area contributed by atoms with E-state index in [-0.39, 0.29) is 0 Å². The Kier molecular flexibility index (Phi) is 6.35. The van der Waals surface area contributed by atoms with E-state index < -0.39 is 0 Å². The lowest BCUT2D eigenvalue weighted by molar-refractivity contribution is 0.566. The monoisotopic (exact) mass is 344 g/mol. The molecule has 134 valence electrons. The highest BCUT2D eigenvalue weighted by Gasteiger charge is 2.11. The first kappa shape index (κ1) is 19.5. The summed E-state index contributed by atoms with van der Waals surface area (Å²) in [4.78, 5) is 6.91. The van der Waals surface area contributed by atoms with Gasteiger partial charge in [0.15, 0.2) is 0 Å². The lowest BCUT2D eigenvalue weighted by Gasteiger charge is -2.14. The van der Waals surface area contributed by atoms with E-state index in [0.717, 1.165) is 44.8 Å². The summed E-state index contributed by atoms with van der Waals surface area (Å²) in [6.45, 7) is 14.2. The Morgan fingerprint density at radius 2 is 1.88 bits per heavy atom. The zero-order valence-electron chi connectivity index (χ0n) is 16.5. The zero-order chi connectivity index (χ0) is 19.3. The van der Waals surface area contributed by atoms with Crippen molar-refractivity contribution in [2.45, 2.75) is 20.8 Å². The normalized spacial score (nSPS) is 11.7. The lowest BCUT2D eigenvalue weighted by Crippen LogP contribution is -2.02. The average Bonchev–Trinajstić information content (AvgIpc) is 2.61. The third-order valence-corrected chi connectivity index (χ3v) is 4.20. The van der Waals surface area contributed by atoms with E-state index in [0.29, 0.717) is 0 Å². The Morgan fingerprint density at radius 1 is 1.15 bits per heavy atom. The number of nitrogens with zero attached hydrogens (tertiary/aromatic N) is 2. The molecule has 0 saturated heterocycles. The van der Waals surface area contributed by atoms with E-state index in [1.165, 1.54) is 0 Å². The maximum Gasteiger partial charge on any atom is 0.0734 e. The van der Waals surface area contributed by atoms with Crippen molar-refractivity contribution >= 4 is 11.1 Å². The van der Waals surface area contributed by atoms with Crippen molar-refractivity contribution in [3.8, 4) is 11.3 Å². The first-order valence-corrected chi connectivity index (χ1v) is 8.79. The van der Waals surface area contributed by atoms with Crippen LogP contribution in [0.5, 0.6) is 0 Å². The smallest absolute Gasteiger partial charge is 0.0734 e. The average molecular weight is 345 g/mol. The van der Waals surface area contributed by atoms with Crippen LogP contribution in [0.1, 0.15) is 29.3 Å². The molecular weight excluding hydrogens is 316 g/mol. The molecule has 0 saturated carbocycles. The largest absolute Gasteiger partial charge is 0.383 e. The summed E-state index contributed by atoms with van der Waals surface area (Å²) in [6, 6.07) is 10.6. The summed E-state index contributed by atoms with van der Waals surface area (Å²) in [5.41, 5.74) is 8.56. The first-order valence-electron chi connectivity index (χ1n) is 8.79. The van der Waals surface area contributed by atoms with E-state index in [1.807, 2.05) is 51.1 Å². The Hall–Kier alpha value is -2.87. The van der Waals surface area contributed by atoms with Crippen LogP contribution in [0.25, 0.3) is 22.4 Å². The molecule has 0 amide bonds. The Morgan fingerprint density at radius 3 is 2.50 bits per heavy atom. The number of pyridine rings is 1. The molecule has 1 aromatic heterocycles. The SMILES string of the molecule is C=C/C(=C\N(C)C)c1cccc(-c2nc(C)c(C(=C)/C=C\C)cc2C)c1. The first-order chi connectivity index (χ1) is 12.4. The van der Waals surface area contributed by atoms with Crippen LogP contribution >= 0.6 is 0 Å². The molecule has 0 radical (unpaired) electrons. The van der Waals surface area contributed by atoms with Crippen molar-refractivity contribution < 1.29 is 0 Å². The van der Waals surface area contributed by atoms with E-state index in [2.05, 4.69) is 56.6 Å². The third-order valence-electron chi connectivity index (χ3n) is 4.20. The van der Waals surface area contributed by atoms with Crippen LogP contribution in [-0.4, -0.2) is 24.0 Å². The minimum Gasteiger partial charge on any atom is -0.383 e. The molecule has 1 aromatic carbocycles. The van der Waals surface area contributed by atoms with Gasteiger partial charge in [0.25, 0.3) is 0 Å². The Bertz CT molecular complexity index is 883. The summed E-state index contributed by atoms with van der Waals surface area (Å²) in [6.07, 6.45) is 7.98. The van der Waals surface area contributed by atoms with Crippen molar-refractivity contribution in [2.75, 3.05) is 14.1 Å². The summed E-state index contributed by atoms with van der Waals surface area (Å²) in [5, 5.41) is 0. The van der Waals surface area contributed by atoms with Gasteiger partial charge in [0.1, 0.15) is 0 Å². The minimum absolute atomic E-state index is 0.990. The molecule has 2 heteroatoms. The summed E-state index contributed by atoms with van der Waals surface area (Å²) in [7, 11) is 4.03. The molecular formula is C24H28N2. The lowest BCUT2D eigenvalue weighted by atomic mass is 9.97. The fourth-order valence-corrected chi connectivity index (χ4v) is 2.98. The molecule has 0 atom stereocenters. The fraction of sp³-hybridized carbons (Fsp3) is 0.208. The molecule has 0 aliphatic heterocycles. The van der Waals surface area contributed by atoms with Gasteiger partial charge in [-0.2, -0.15) is 0 Å². The number of allylic oxidation sites excluding steroid dienone is 5. The molecule has 0 unspecified atom stereocenters. The van der Waals surface area contributed by atoms with Crippen LogP contribution in [0.2, 0.25) is 0 Å². The molecule has 0 N–H and O–H groups in total. The predicted octanol–water partition coefficient (Wildman–Crippen LogP) is 6.04. The molecule has 2 rings (SSSR count). The zero-order valence-corrected chi connectivity index (χ0v) is 16.5. The van der Waals surface area contributed by atoms with Gasteiger partial charge in [-0.15, -0.1) is 0 Å². The van der Waals surface area contributed by atoms with Gasteiger partial charge in [0.05, 0.1) is 5.69 Å².